The maximum Gasteiger partial charge on any atom is 0.0661 e. The van der Waals surface area contributed by atoms with Gasteiger partial charge < -0.3 is 10.1 Å². The number of methoxy groups -OCH3 is 1. The zero-order valence-electron chi connectivity index (χ0n) is 12.8. The molecule has 1 aromatic carbocycles. The maximum absolute atomic E-state index is 5.17. The second kappa shape index (κ2) is 7.91. The monoisotopic (exact) mass is 294 g/mol. The highest BCUT2D eigenvalue weighted by Gasteiger charge is 2.11. The van der Waals surface area contributed by atoms with E-state index in [1.165, 1.54) is 41.4 Å². The fourth-order valence-corrected chi connectivity index (χ4v) is 3.54. The van der Waals surface area contributed by atoms with Crippen molar-refractivity contribution in [3.63, 3.8) is 0 Å². The molecule has 0 aromatic heterocycles. The van der Waals surface area contributed by atoms with Gasteiger partial charge in [0.2, 0.25) is 0 Å². The molecule has 0 saturated carbocycles. The molecule has 0 amide bonds. The van der Waals surface area contributed by atoms with Crippen LogP contribution in [0.3, 0.4) is 0 Å². The van der Waals surface area contributed by atoms with E-state index in [0.29, 0.717) is 6.04 Å². The van der Waals surface area contributed by atoms with Gasteiger partial charge in [-0.2, -0.15) is 11.8 Å². The first-order chi connectivity index (χ1) is 9.69. The fraction of sp³-hybridized carbons (Fsp3) is 0.625. The second-order valence-corrected chi connectivity index (χ2v) is 6.76. The molecule has 0 bridgehead atoms. The molecule has 112 valence electrons. The van der Waals surface area contributed by atoms with Gasteiger partial charge in [0.05, 0.1) is 6.61 Å². The third-order valence-electron chi connectivity index (χ3n) is 3.62. The van der Waals surface area contributed by atoms with Crippen molar-refractivity contribution in [2.45, 2.75) is 26.4 Å². The zero-order chi connectivity index (χ0) is 14.4. The van der Waals surface area contributed by atoms with Crippen molar-refractivity contribution < 1.29 is 4.74 Å². The van der Waals surface area contributed by atoms with Crippen LogP contribution < -0.4 is 5.32 Å². The highest BCUT2D eigenvalue weighted by atomic mass is 32.2. The molecule has 2 rings (SSSR count). The van der Waals surface area contributed by atoms with Crippen molar-refractivity contribution in [3.05, 3.63) is 29.3 Å². The molecule has 1 fully saturated rings. The number of anilines is 1. The van der Waals surface area contributed by atoms with Crippen molar-refractivity contribution in [3.8, 4) is 0 Å². The number of rotatable bonds is 6. The van der Waals surface area contributed by atoms with Gasteiger partial charge >= 0.3 is 0 Å². The number of hydrogen-bond acceptors (Lipinski definition) is 4. The quantitative estimate of drug-likeness (QED) is 0.872. The lowest BCUT2D eigenvalue weighted by atomic mass is 10.1. The Morgan fingerprint density at radius 1 is 1.35 bits per heavy atom. The molecule has 1 aromatic rings. The molecule has 4 heteroatoms. The first-order valence-electron chi connectivity index (χ1n) is 7.34. The fourth-order valence-electron chi connectivity index (χ4n) is 2.56. The SMILES string of the molecule is COCC(C)Nc1ccc(CN2CCSCC2)cc1C. The number of benzene rings is 1. The summed E-state index contributed by atoms with van der Waals surface area (Å²) in [4.78, 5) is 2.55. The summed E-state index contributed by atoms with van der Waals surface area (Å²) >= 11 is 2.06. The minimum absolute atomic E-state index is 0.337. The van der Waals surface area contributed by atoms with Crippen LogP contribution in [0.1, 0.15) is 18.1 Å². The predicted molar refractivity (Wildman–Crippen MR) is 88.7 cm³/mol. The van der Waals surface area contributed by atoms with Crippen molar-refractivity contribution in [1.82, 2.24) is 4.90 Å². The Hall–Kier alpha value is -0.710. The Morgan fingerprint density at radius 2 is 2.10 bits per heavy atom. The Bertz CT molecular complexity index is 419. The van der Waals surface area contributed by atoms with Crippen molar-refractivity contribution >= 4 is 17.4 Å². The van der Waals surface area contributed by atoms with E-state index in [1.54, 1.807) is 7.11 Å². The maximum atomic E-state index is 5.17. The molecule has 1 aliphatic heterocycles. The molecule has 1 atom stereocenters. The number of nitrogens with one attached hydrogen (secondary N) is 1. The molecule has 1 unspecified atom stereocenters. The first-order valence-corrected chi connectivity index (χ1v) is 8.49. The largest absolute Gasteiger partial charge is 0.383 e. The smallest absolute Gasteiger partial charge is 0.0661 e. The average Bonchev–Trinajstić information content (AvgIpc) is 2.43. The topological polar surface area (TPSA) is 24.5 Å². The molecule has 1 saturated heterocycles. The molecule has 1 N–H and O–H groups in total. The normalized spacial score (nSPS) is 17.9. The van der Waals surface area contributed by atoms with Crippen molar-refractivity contribution in [1.29, 1.82) is 0 Å². The van der Waals surface area contributed by atoms with Crippen LogP contribution in [0.15, 0.2) is 18.2 Å². The van der Waals surface area contributed by atoms with Crippen LogP contribution in [0.2, 0.25) is 0 Å². The lowest BCUT2D eigenvalue weighted by Crippen LogP contribution is -2.32. The summed E-state index contributed by atoms with van der Waals surface area (Å²) in [6.07, 6.45) is 0. The number of ether oxygens (including phenoxy) is 1. The van der Waals surface area contributed by atoms with Crippen LogP contribution in [0.25, 0.3) is 0 Å². The minimum atomic E-state index is 0.337. The Labute approximate surface area is 127 Å². The molecule has 1 aliphatic rings. The molecule has 1 heterocycles. The van der Waals surface area contributed by atoms with Crippen LogP contribution in [0.5, 0.6) is 0 Å². The van der Waals surface area contributed by atoms with Gasteiger partial charge in [0, 0.05) is 50.0 Å². The summed E-state index contributed by atoms with van der Waals surface area (Å²) in [5.41, 5.74) is 3.95. The minimum Gasteiger partial charge on any atom is -0.383 e. The molecule has 0 aliphatic carbocycles. The lowest BCUT2D eigenvalue weighted by molar-refractivity contribution is 0.190. The highest BCUT2D eigenvalue weighted by molar-refractivity contribution is 7.99. The van der Waals surface area contributed by atoms with E-state index in [0.717, 1.165) is 13.2 Å². The predicted octanol–water partition coefficient (Wildman–Crippen LogP) is 2.99. The summed E-state index contributed by atoms with van der Waals surface area (Å²) < 4.78 is 5.17. The lowest BCUT2D eigenvalue weighted by Gasteiger charge is -2.26. The van der Waals surface area contributed by atoms with Gasteiger partial charge in [-0.15, -0.1) is 0 Å². The second-order valence-electron chi connectivity index (χ2n) is 5.54. The summed E-state index contributed by atoms with van der Waals surface area (Å²) in [5.74, 6) is 2.54. The van der Waals surface area contributed by atoms with Crippen LogP contribution >= 0.6 is 11.8 Å². The van der Waals surface area contributed by atoms with Crippen LogP contribution in [-0.4, -0.2) is 49.3 Å². The van der Waals surface area contributed by atoms with Gasteiger partial charge in [0.15, 0.2) is 0 Å². The van der Waals surface area contributed by atoms with Gasteiger partial charge in [-0.1, -0.05) is 12.1 Å². The number of thioether (sulfide) groups is 1. The standard InChI is InChI=1S/C16H26N2OS/c1-13-10-15(11-18-6-8-20-9-7-18)4-5-16(13)17-14(2)12-19-3/h4-5,10,14,17H,6-9,11-12H2,1-3H3. The third kappa shape index (κ3) is 4.69. The number of nitrogens with zero attached hydrogens (tertiary/aromatic N) is 1. The van der Waals surface area contributed by atoms with Gasteiger partial charge in [-0.3, -0.25) is 4.90 Å². The Balaban J connectivity index is 1.94. The molecular weight excluding hydrogens is 268 g/mol. The van der Waals surface area contributed by atoms with E-state index in [1.807, 2.05) is 0 Å². The first kappa shape index (κ1) is 15.7. The van der Waals surface area contributed by atoms with Gasteiger partial charge in [-0.05, 0) is 31.0 Å². The van der Waals surface area contributed by atoms with E-state index < -0.39 is 0 Å². The summed E-state index contributed by atoms with van der Waals surface area (Å²) in [6.45, 7) is 8.56. The zero-order valence-corrected chi connectivity index (χ0v) is 13.6. The van der Waals surface area contributed by atoms with E-state index in [4.69, 9.17) is 4.74 Å². The number of hydrogen-bond donors (Lipinski definition) is 1. The van der Waals surface area contributed by atoms with Crippen molar-refractivity contribution in [2.24, 2.45) is 0 Å². The highest BCUT2D eigenvalue weighted by Crippen LogP contribution is 2.20. The summed E-state index contributed by atoms with van der Waals surface area (Å²) in [7, 11) is 1.74. The van der Waals surface area contributed by atoms with E-state index in [9.17, 15) is 0 Å². The molecule has 3 nitrogen and oxygen atoms in total. The molecule has 20 heavy (non-hydrogen) atoms. The van der Waals surface area contributed by atoms with Crippen LogP contribution in [0.4, 0.5) is 5.69 Å². The third-order valence-corrected chi connectivity index (χ3v) is 4.56. The van der Waals surface area contributed by atoms with Crippen LogP contribution in [0, 0.1) is 6.92 Å². The Kier molecular flexibility index (Phi) is 6.20. The van der Waals surface area contributed by atoms with E-state index in [-0.39, 0.29) is 0 Å². The molecular formula is C16H26N2OS. The van der Waals surface area contributed by atoms with E-state index >= 15 is 0 Å². The number of aryl methyl sites for hydroxylation is 1. The van der Waals surface area contributed by atoms with E-state index in [2.05, 4.69) is 54.0 Å². The van der Waals surface area contributed by atoms with Crippen LogP contribution in [-0.2, 0) is 11.3 Å². The van der Waals surface area contributed by atoms with Crippen molar-refractivity contribution in [2.75, 3.05) is 43.6 Å². The van der Waals surface area contributed by atoms with Gasteiger partial charge in [0.1, 0.15) is 0 Å². The molecule has 0 spiro atoms. The summed E-state index contributed by atoms with van der Waals surface area (Å²) in [5, 5.41) is 3.50. The van der Waals surface area contributed by atoms with Gasteiger partial charge in [-0.25, -0.2) is 0 Å². The van der Waals surface area contributed by atoms with Gasteiger partial charge in [0.25, 0.3) is 0 Å². The Morgan fingerprint density at radius 3 is 2.75 bits per heavy atom. The average molecular weight is 294 g/mol. The molecule has 0 radical (unpaired) electrons. The summed E-state index contributed by atoms with van der Waals surface area (Å²) in [6, 6.07) is 7.10.